The van der Waals surface area contributed by atoms with Crippen LogP contribution in [0.15, 0.2) is 36.7 Å². The summed E-state index contributed by atoms with van der Waals surface area (Å²) in [5.41, 5.74) is 3.05. The first-order chi connectivity index (χ1) is 8.95. The lowest BCUT2D eigenvalue weighted by molar-refractivity contribution is 0.122. The predicted molar refractivity (Wildman–Crippen MR) is 69.3 cm³/mol. The molecule has 0 N–H and O–H groups in total. The fraction of sp³-hybridized carbons (Fsp3) is 0.286. The van der Waals surface area contributed by atoms with Crippen molar-refractivity contribution in [2.24, 2.45) is 0 Å². The molecule has 91 valence electrons. The Morgan fingerprint density at radius 3 is 2.78 bits per heavy atom. The van der Waals surface area contributed by atoms with Gasteiger partial charge in [0.05, 0.1) is 24.6 Å². The topological polar surface area (TPSA) is 38.2 Å². The third kappa shape index (κ3) is 2.19. The maximum Gasteiger partial charge on any atom is 0.115 e. The molecular formula is C14H14N3O. The highest BCUT2D eigenvalue weighted by Crippen LogP contribution is 2.28. The highest BCUT2D eigenvalue weighted by Gasteiger charge is 2.16. The molecule has 3 heterocycles. The van der Waals surface area contributed by atoms with Crippen LogP contribution < -0.4 is 4.90 Å². The van der Waals surface area contributed by atoms with Gasteiger partial charge in [-0.3, -0.25) is 9.97 Å². The number of aromatic nitrogens is 2. The molecule has 4 nitrogen and oxygen atoms in total. The molecule has 1 fully saturated rings. The van der Waals surface area contributed by atoms with Crippen LogP contribution in [0.25, 0.3) is 11.3 Å². The molecule has 3 rings (SSSR count). The van der Waals surface area contributed by atoms with Crippen LogP contribution in [0.2, 0.25) is 0 Å². The van der Waals surface area contributed by atoms with Crippen LogP contribution in [0, 0.1) is 6.20 Å². The van der Waals surface area contributed by atoms with Crippen LogP contribution >= 0.6 is 0 Å². The van der Waals surface area contributed by atoms with E-state index < -0.39 is 0 Å². The maximum absolute atomic E-state index is 5.38. The van der Waals surface area contributed by atoms with Crippen molar-refractivity contribution in [3.05, 3.63) is 42.9 Å². The van der Waals surface area contributed by atoms with Gasteiger partial charge >= 0.3 is 0 Å². The standard InChI is InChI=1S/C14H14N3O/c1-2-5-16-13(3-1)12-4-6-15-11-14(12)17-7-9-18-10-8-17/h1-6H,7-10H2. The second-order valence-corrected chi connectivity index (χ2v) is 4.13. The molecule has 0 aliphatic carbocycles. The lowest BCUT2D eigenvalue weighted by atomic mass is 10.1. The number of morpholine rings is 1. The second-order valence-electron chi connectivity index (χ2n) is 4.13. The summed E-state index contributed by atoms with van der Waals surface area (Å²) in [7, 11) is 0. The van der Waals surface area contributed by atoms with E-state index in [1.807, 2.05) is 24.3 Å². The van der Waals surface area contributed by atoms with E-state index in [-0.39, 0.29) is 0 Å². The zero-order valence-corrected chi connectivity index (χ0v) is 10.0. The van der Waals surface area contributed by atoms with Crippen molar-refractivity contribution in [2.75, 3.05) is 31.2 Å². The van der Waals surface area contributed by atoms with Crippen LogP contribution in [-0.2, 0) is 4.74 Å². The molecule has 2 aromatic rings. The summed E-state index contributed by atoms with van der Waals surface area (Å²) in [6, 6.07) is 7.91. The van der Waals surface area contributed by atoms with Gasteiger partial charge in [-0.05, 0) is 18.2 Å². The van der Waals surface area contributed by atoms with Gasteiger partial charge in [0.25, 0.3) is 0 Å². The Balaban J connectivity index is 1.99. The second kappa shape index (κ2) is 5.14. The van der Waals surface area contributed by atoms with E-state index in [4.69, 9.17) is 4.74 Å². The van der Waals surface area contributed by atoms with Crippen LogP contribution in [0.3, 0.4) is 0 Å². The Kier molecular flexibility index (Phi) is 3.19. The summed E-state index contributed by atoms with van der Waals surface area (Å²) >= 11 is 0. The van der Waals surface area contributed by atoms with Crippen molar-refractivity contribution in [3.8, 4) is 11.3 Å². The van der Waals surface area contributed by atoms with E-state index in [0.29, 0.717) is 0 Å². The normalized spacial score (nSPS) is 15.7. The lowest BCUT2D eigenvalue weighted by Gasteiger charge is -2.29. The minimum atomic E-state index is 0.754. The summed E-state index contributed by atoms with van der Waals surface area (Å²) in [4.78, 5) is 10.8. The summed E-state index contributed by atoms with van der Waals surface area (Å²) in [6.45, 7) is 3.26. The van der Waals surface area contributed by atoms with Crippen molar-refractivity contribution in [1.82, 2.24) is 9.97 Å². The molecule has 0 aromatic carbocycles. The molecule has 1 aliphatic heterocycles. The molecule has 1 aliphatic rings. The Morgan fingerprint density at radius 1 is 1.11 bits per heavy atom. The van der Waals surface area contributed by atoms with Gasteiger partial charge in [-0.1, -0.05) is 6.07 Å². The number of nitrogens with zero attached hydrogens (tertiary/aromatic N) is 3. The fourth-order valence-electron chi connectivity index (χ4n) is 2.11. The Bertz CT molecular complexity index is 509. The van der Waals surface area contributed by atoms with E-state index in [2.05, 4.69) is 21.1 Å². The summed E-state index contributed by atoms with van der Waals surface area (Å²) in [6.07, 6.45) is 6.65. The molecule has 1 saturated heterocycles. The van der Waals surface area contributed by atoms with Crippen molar-refractivity contribution in [1.29, 1.82) is 0 Å². The molecule has 0 atom stereocenters. The van der Waals surface area contributed by atoms with Crippen LogP contribution in [0.5, 0.6) is 0 Å². The molecule has 0 spiro atoms. The Morgan fingerprint density at radius 2 is 2.00 bits per heavy atom. The van der Waals surface area contributed by atoms with Crippen molar-refractivity contribution in [3.63, 3.8) is 0 Å². The van der Waals surface area contributed by atoms with Gasteiger partial charge in [0.2, 0.25) is 0 Å². The van der Waals surface area contributed by atoms with Gasteiger partial charge in [-0.2, -0.15) is 0 Å². The van der Waals surface area contributed by atoms with Gasteiger partial charge in [-0.25, -0.2) is 0 Å². The zero-order chi connectivity index (χ0) is 12.2. The summed E-state index contributed by atoms with van der Waals surface area (Å²) < 4.78 is 5.38. The monoisotopic (exact) mass is 240 g/mol. The maximum atomic E-state index is 5.38. The third-order valence-corrected chi connectivity index (χ3v) is 3.01. The molecule has 18 heavy (non-hydrogen) atoms. The fourth-order valence-corrected chi connectivity index (χ4v) is 2.11. The number of pyridine rings is 2. The molecular weight excluding hydrogens is 226 g/mol. The quantitative estimate of drug-likeness (QED) is 0.802. The van der Waals surface area contributed by atoms with Gasteiger partial charge in [-0.15, -0.1) is 0 Å². The number of anilines is 1. The summed E-state index contributed by atoms with van der Waals surface area (Å²) in [5, 5.41) is 0. The van der Waals surface area contributed by atoms with Gasteiger partial charge in [0.1, 0.15) is 6.20 Å². The summed E-state index contributed by atoms with van der Waals surface area (Å²) in [5.74, 6) is 0. The van der Waals surface area contributed by atoms with E-state index in [1.54, 1.807) is 12.4 Å². The number of rotatable bonds is 2. The molecule has 2 aromatic heterocycles. The first kappa shape index (κ1) is 11.2. The smallest absolute Gasteiger partial charge is 0.115 e. The molecule has 0 saturated carbocycles. The van der Waals surface area contributed by atoms with Crippen LogP contribution in [0.1, 0.15) is 0 Å². The first-order valence-electron chi connectivity index (χ1n) is 6.06. The molecule has 0 amide bonds. The SMILES string of the molecule is [c]1nccc(-c2ccccn2)c1N1CCOCC1. The Hall–Kier alpha value is -1.94. The van der Waals surface area contributed by atoms with Crippen LogP contribution in [0.4, 0.5) is 5.69 Å². The van der Waals surface area contributed by atoms with Gasteiger partial charge < -0.3 is 9.64 Å². The largest absolute Gasteiger partial charge is 0.378 e. The lowest BCUT2D eigenvalue weighted by Crippen LogP contribution is -2.36. The first-order valence-corrected chi connectivity index (χ1v) is 6.06. The number of hydrogen-bond acceptors (Lipinski definition) is 4. The Labute approximate surface area is 106 Å². The van der Waals surface area contributed by atoms with Crippen molar-refractivity contribution < 1.29 is 4.74 Å². The van der Waals surface area contributed by atoms with E-state index >= 15 is 0 Å². The van der Waals surface area contributed by atoms with E-state index in [1.165, 1.54) is 0 Å². The van der Waals surface area contributed by atoms with Crippen molar-refractivity contribution in [2.45, 2.75) is 0 Å². The van der Waals surface area contributed by atoms with Gasteiger partial charge in [0.15, 0.2) is 0 Å². The average Bonchev–Trinajstić information content (AvgIpc) is 2.49. The average molecular weight is 240 g/mol. The third-order valence-electron chi connectivity index (χ3n) is 3.01. The molecule has 1 radical (unpaired) electrons. The number of ether oxygens (including phenoxy) is 1. The minimum Gasteiger partial charge on any atom is -0.378 e. The minimum absolute atomic E-state index is 0.754. The zero-order valence-electron chi connectivity index (χ0n) is 10.0. The molecule has 4 heteroatoms. The highest BCUT2D eigenvalue weighted by molar-refractivity contribution is 5.75. The molecule has 0 bridgehead atoms. The van der Waals surface area contributed by atoms with E-state index in [9.17, 15) is 0 Å². The van der Waals surface area contributed by atoms with Crippen LogP contribution in [-0.4, -0.2) is 36.3 Å². The van der Waals surface area contributed by atoms with E-state index in [0.717, 1.165) is 43.2 Å². The van der Waals surface area contributed by atoms with Gasteiger partial charge in [0, 0.05) is 31.0 Å². The highest BCUT2D eigenvalue weighted by atomic mass is 16.5. The number of hydrogen-bond donors (Lipinski definition) is 0. The van der Waals surface area contributed by atoms with Crippen molar-refractivity contribution >= 4 is 5.69 Å². The predicted octanol–water partition coefficient (Wildman–Crippen LogP) is 1.78. The molecule has 0 unspecified atom stereocenters.